The first-order valence-corrected chi connectivity index (χ1v) is 6.32. The van der Waals surface area contributed by atoms with Gasteiger partial charge in [0, 0.05) is 6.54 Å². The predicted molar refractivity (Wildman–Crippen MR) is 67.1 cm³/mol. The third-order valence-electron chi connectivity index (χ3n) is 2.99. The molecule has 0 amide bonds. The molecule has 1 N–H and O–H groups in total. The molecule has 0 radical (unpaired) electrons. The molecule has 1 atom stereocenters. The van der Waals surface area contributed by atoms with Gasteiger partial charge in [-0.3, -0.25) is 0 Å². The molecule has 0 saturated carbocycles. The molecule has 0 fully saturated rings. The van der Waals surface area contributed by atoms with Crippen LogP contribution in [0.25, 0.3) is 0 Å². The van der Waals surface area contributed by atoms with Gasteiger partial charge in [-0.25, -0.2) is 0 Å². The Morgan fingerprint density at radius 3 is 2.13 bits per heavy atom. The predicted octanol–water partition coefficient (Wildman–Crippen LogP) is 2.91. The zero-order valence-corrected chi connectivity index (χ0v) is 11.2. The van der Waals surface area contributed by atoms with Crippen molar-refractivity contribution in [3.8, 4) is 0 Å². The number of aliphatic hydroxyl groups excluding tert-OH is 1. The van der Waals surface area contributed by atoms with E-state index in [1.54, 1.807) is 0 Å². The molecule has 1 unspecified atom stereocenters. The van der Waals surface area contributed by atoms with Crippen molar-refractivity contribution >= 4 is 0 Å². The maximum Gasteiger partial charge on any atom is 0.0600 e. The van der Waals surface area contributed by atoms with E-state index in [0.717, 1.165) is 19.5 Å². The van der Waals surface area contributed by atoms with E-state index in [1.807, 2.05) is 0 Å². The highest BCUT2D eigenvalue weighted by atomic mass is 16.3. The van der Waals surface area contributed by atoms with E-state index in [9.17, 15) is 5.11 Å². The smallest absolute Gasteiger partial charge is 0.0600 e. The minimum atomic E-state index is -0.187. The Labute approximate surface area is 95.7 Å². The van der Waals surface area contributed by atoms with Gasteiger partial charge in [-0.1, -0.05) is 41.0 Å². The van der Waals surface area contributed by atoms with E-state index in [4.69, 9.17) is 0 Å². The molecular weight excluding hydrogens is 186 g/mol. The minimum Gasteiger partial charge on any atom is -0.393 e. The van der Waals surface area contributed by atoms with Crippen molar-refractivity contribution in [1.82, 2.24) is 4.90 Å². The van der Waals surface area contributed by atoms with Crippen molar-refractivity contribution < 1.29 is 5.11 Å². The normalized spacial score (nSPS) is 14.6. The molecule has 0 rings (SSSR count). The Kier molecular flexibility index (Phi) is 7.20. The van der Waals surface area contributed by atoms with E-state index in [-0.39, 0.29) is 11.5 Å². The second-order valence-electron chi connectivity index (χ2n) is 5.46. The summed E-state index contributed by atoms with van der Waals surface area (Å²) in [4.78, 5) is 2.43. The Morgan fingerprint density at radius 2 is 1.73 bits per heavy atom. The van der Waals surface area contributed by atoms with Gasteiger partial charge in [-0.15, -0.1) is 0 Å². The van der Waals surface area contributed by atoms with Gasteiger partial charge in [0.05, 0.1) is 6.10 Å². The van der Waals surface area contributed by atoms with Gasteiger partial charge in [0.25, 0.3) is 0 Å². The summed E-state index contributed by atoms with van der Waals surface area (Å²) in [5.74, 6) is 0. The molecule has 0 saturated heterocycles. The summed E-state index contributed by atoms with van der Waals surface area (Å²) in [5.41, 5.74) is 0.0180. The standard InChI is InChI=1S/C13H29NO/c1-6-8-10-14(7-2)11-9-12(15)13(3,4)5/h12,15H,6-11H2,1-5H3. The Morgan fingerprint density at radius 1 is 1.13 bits per heavy atom. The molecule has 2 nitrogen and oxygen atoms in total. The van der Waals surface area contributed by atoms with E-state index < -0.39 is 0 Å². The highest BCUT2D eigenvalue weighted by molar-refractivity contribution is 4.73. The molecule has 0 aromatic heterocycles. The first-order valence-electron chi connectivity index (χ1n) is 6.32. The van der Waals surface area contributed by atoms with Crippen molar-refractivity contribution in [3.05, 3.63) is 0 Å². The zero-order chi connectivity index (χ0) is 11.9. The number of aliphatic hydroxyl groups is 1. The topological polar surface area (TPSA) is 23.5 Å². The van der Waals surface area contributed by atoms with Crippen molar-refractivity contribution in [3.63, 3.8) is 0 Å². The van der Waals surface area contributed by atoms with Crippen LogP contribution in [0.2, 0.25) is 0 Å². The lowest BCUT2D eigenvalue weighted by Crippen LogP contribution is -2.33. The SMILES string of the molecule is CCCCN(CC)CCC(O)C(C)(C)C. The molecule has 2 heteroatoms. The average molecular weight is 215 g/mol. The van der Waals surface area contributed by atoms with E-state index in [2.05, 4.69) is 39.5 Å². The maximum absolute atomic E-state index is 9.93. The molecule has 0 aromatic carbocycles. The van der Waals surface area contributed by atoms with Crippen LogP contribution in [0.5, 0.6) is 0 Å². The van der Waals surface area contributed by atoms with Gasteiger partial charge in [0.15, 0.2) is 0 Å². The van der Waals surface area contributed by atoms with Gasteiger partial charge < -0.3 is 10.0 Å². The summed E-state index contributed by atoms with van der Waals surface area (Å²) in [5, 5.41) is 9.93. The second kappa shape index (κ2) is 7.24. The molecule has 0 aromatic rings. The minimum absolute atomic E-state index is 0.0180. The highest BCUT2D eigenvalue weighted by Crippen LogP contribution is 2.21. The lowest BCUT2D eigenvalue weighted by molar-refractivity contribution is 0.0460. The van der Waals surface area contributed by atoms with E-state index in [1.165, 1.54) is 19.4 Å². The summed E-state index contributed by atoms with van der Waals surface area (Å²) in [6.45, 7) is 14.0. The summed E-state index contributed by atoms with van der Waals surface area (Å²) < 4.78 is 0. The molecular formula is C13H29NO. The molecule has 0 heterocycles. The molecule has 92 valence electrons. The average Bonchev–Trinajstić information content (AvgIpc) is 2.16. The fourth-order valence-corrected chi connectivity index (χ4v) is 1.55. The van der Waals surface area contributed by atoms with Crippen LogP contribution in [0.1, 0.15) is 53.9 Å². The van der Waals surface area contributed by atoms with Crippen molar-refractivity contribution in [2.75, 3.05) is 19.6 Å². The molecule has 0 aliphatic rings. The quantitative estimate of drug-likeness (QED) is 0.706. The third-order valence-corrected chi connectivity index (χ3v) is 2.99. The first-order chi connectivity index (χ1) is 6.91. The molecule has 0 bridgehead atoms. The first kappa shape index (κ1) is 14.9. The van der Waals surface area contributed by atoms with Crippen LogP contribution >= 0.6 is 0 Å². The van der Waals surface area contributed by atoms with Crippen LogP contribution in [0.3, 0.4) is 0 Å². The molecule has 0 aliphatic heterocycles. The van der Waals surface area contributed by atoms with Crippen LogP contribution in [-0.2, 0) is 0 Å². The lowest BCUT2D eigenvalue weighted by atomic mass is 9.87. The number of hydrogen-bond acceptors (Lipinski definition) is 2. The molecule has 0 aliphatic carbocycles. The largest absolute Gasteiger partial charge is 0.393 e. The zero-order valence-electron chi connectivity index (χ0n) is 11.2. The van der Waals surface area contributed by atoms with Crippen LogP contribution in [0.15, 0.2) is 0 Å². The Balaban J connectivity index is 3.79. The second-order valence-corrected chi connectivity index (χ2v) is 5.46. The number of rotatable bonds is 7. The summed E-state index contributed by atoms with van der Waals surface area (Å²) in [6, 6.07) is 0. The highest BCUT2D eigenvalue weighted by Gasteiger charge is 2.22. The third kappa shape index (κ3) is 6.91. The van der Waals surface area contributed by atoms with Crippen molar-refractivity contribution in [2.45, 2.75) is 60.0 Å². The van der Waals surface area contributed by atoms with E-state index in [0.29, 0.717) is 0 Å². The lowest BCUT2D eigenvalue weighted by Gasteiger charge is -2.28. The Bertz CT molecular complexity index is 151. The van der Waals surface area contributed by atoms with Crippen LogP contribution in [0.4, 0.5) is 0 Å². The number of nitrogens with zero attached hydrogens (tertiary/aromatic N) is 1. The fraction of sp³-hybridized carbons (Fsp3) is 1.00. The fourth-order valence-electron chi connectivity index (χ4n) is 1.55. The van der Waals surface area contributed by atoms with Crippen LogP contribution < -0.4 is 0 Å². The summed E-state index contributed by atoms with van der Waals surface area (Å²) >= 11 is 0. The molecule has 15 heavy (non-hydrogen) atoms. The van der Waals surface area contributed by atoms with Gasteiger partial charge in [-0.05, 0) is 31.3 Å². The number of hydrogen-bond donors (Lipinski definition) is 1. The van der Waals surface area contributed by atoms with Gasteiger partial charge in [0.1, 0.15) is 0 Å². The molecule has 0 spiro atoms. The maximum atomic E-state index is 9.93. The van der Waals surface area contributed by atoms with Crippen LogP contribution in [-0.4, -0.2) is 35.7 Å². The monoisotopic (exact) mass is 215 g/mol. The van der Waals surface area contributed by atoms with Gasteiger partial charge in [0.2, 0.25) is 0 Å². The van der Waals surface area contributed by atoms with E-state index >= 15 is 0 Å². The van der Waals surface area contributed by atoms with Crippen molar-refractivity contribution in [2.24, 2.45) is 5.41 Å². The summed E-state index contributed by atoms with van der Waals surface area (Å²) in [7, 11) is 0. The van der Waals surface area contributed by atoms with Crippen molar-refractivity contribution in [1.29, 1.82) is 0 Å². The Hall–Kier alpha value is -0.0800. The van der Waals surface area contributed by atoms with Crippen LogP contribution in [0, 0.1) is 5.41 Å². The summed E-state index contributed by atoms with van der Waals surface area (Å²) in [6.07, 6.45) is 3.21. The van der Waals surface area contributed by atoms with Gasteiger partial charge in [-0.2, -0.15) is 0 Å². The number of unbranched alkanes of at least 4 members (excludes halogenated alkanes) is 1. The van der Waals surface area contributed by atoms with Gasteiger partial charge >= 0.3 is 0 Å².